The van der Waals surface area contributed by atoms with Crippen LogP contribution in [-0.4, -0.2) is 42.3 Å². The zero-order valence-electron chi connectivity index (χ0n) is 16.7. The minimum absolute atomic E-state index is 0.174. The van der Waals surface area contributed by atoms with E-state index >= 15 is 0 Å². The van der Waals surface area contributed by atoms with Crippen molar-refractivity contribution in [2.75, 3.05) is 25.3 Å². The first kappa shape index (κ1) is 21.2. The Bertz CT molecular complexity index is 975. The van der Waals surface area contributed by atoms with Gasteiger partial charge in [0, 0.05) is 11.6 Å². The van der Waals surface area contributed by atoms with E-state index in [0.29, 0.717) is 22.2 Å². The van der Waals surface area contributed by atoms with Gasteiger partial charge in [-0.2, -0.15) is 0 Å². The van der Waals surface area contributed by atoms with Crippen LogP contribution >= 0.6 is 23.4 Å². The molecule has 1 heterocycles. The molecule has 8 heteroatoms. The first-order valence-corrected chi connectivity index (χ1v) is 10.3. The lowest BCUT2D eigenvalue weighted by Gasteiger charge is -2.13. The number of nitrogens with zero attached hydrogens (tertiary/aromatic N) is 2. The summed E-state index contributed by atoms with van der Waals surface area (Å²) in [7, 11) is 3.04. The Morgan fingerprint density at radius 1 is 1.10 bits per heavy atom. The second-order valence-corrected chi connectivity index (χ2v) is 8.13. The van der Waals surface area contributed by atoms with Crippen LogP contribution in [0.15, 0.2) is 52.4 Å². The Morgan fingerprint density at radius 3 is 2.45 bits per heavy atom. The van der Waals surface area contributed by atoms with Crippen molar-refractivity contribution in [1.29, 1.82) is 0 Å². The van der Waals surface area contributed by atoms with E-state index in [1.54, 1.807) is 12.1 Å². The predicted molar refractivity (Wildman–Crippen MR) is 120 cm³/mol. The number of hydrogen-bond donors (Lipinski definition) is 1. The SMILES string of the molecule is COc1cc(OC)c(NC(=O)CSC2=NC(C)(C)N=C2c2ccccc2)cc1Cl. The molecule has 152 valence electrons. The molecular weight excluding hydrogens is 410 g/mol. The number of rotatable bonds is 6. The van der Waals surface area contributed by atoms with Gasteiger partial charge in [0.15, 0.2) is 0 Å². The largest absolute Gasteiger partial charge is 0.495 e. The lowest BCUT2D eigenvalue weighted by atomic mass is 10.1. The zero-order chi connectivity index (χ0) is 21.0. The number of halogens is 1. The number of carbonyl (C=O) groups excluding carboxylic acids is 1. The molecule has 1 N–H and O–H groups in total. The number of amides is 1. The molecule has 0 aromatic heterocycles. The second kappa shape index (κ2) is 8.88. The van der Waals surface area contributed by atoms with E-state index in [4.69, 9.17) is 26.1 Å². The summed E-state index contributed by atoms with van der Waals surface area (Å²) in [6.45, 7) is 3.88. The summed E-state index contributed by atoms with van der Waals surface area (Å²) in [5, 5.41) is 3.97. The summed E-state index contributed by atoms with van der Waals surface area (Å²) in [4.78, 5) is 21.9. The molecule has 0 spiro atoms. The highest BCUT2D eigenvalue weighted by atomic mass is 35.5. The fourth-order valence-electron chi connectivity index (χ4n) is 2.81. The van der Waals surface area contributed by atoms with Crippen LogP contribution < -0.4 is 14.8 Å². The third kappa shape index (κ3) is 5.10. The monoisotopic (exact) mass is 431 g/mol. The molecule has 1 aliphatic rings. The summed E-state index contributed by atoms with van der Waals surface area (Å²) in [6, 6.07) is 13.1. The normalized spacial score (nSPS) is 14.8. The predicted octanol–water partition coefficient (Wildman–Crippen LogP) is 4.67. The highest BCUT2D eigenvalue weighted by molar-refractivity contribution is 8.16. The van der Waals surface area contributed by atoms with Gasteiger partial charge in [-0.1, -0.05) is 53.7 Å². The summed E-state index contributed by atoms with van der Waals surface area (Å²) >= 11 is 7.52. The van der Waals surface area contributed by atoms with Crippen molar-refractivity contribution in [3.63, 3.8) is 0 Å². The van der Waals surface area contributed by atoms with Gasteiger partial charge in [0.1, 0.15) is 22.2 Å². The molecule has 0 radical (unpaired) electrons. The molecule has 0 unspecified atom stereocenters. The summed E-state index contributed by atoms with van der Waals surface area (Å²) in [5.41, 5.74) is 1.72. The number of carbonyl (C=O) groups is 1. The molecule has 1 aliphatic heterocycles. The number of anilines is 1. The third-order valence-electron chi connectivity index (χ3n) is 4.10. The van der Waals surface area contributed by atoms with E-state index in [1.165, 1.54) is 26.0 Å². The molecule has 0 bridgehead atoms. The molecule has 6 nitrogen and oxygen atoms in total. The van der Waals surface area contributed by atoms with Crippen LogP contribution in [0.2, 0.25) is 5.02 Å². The number of nitrogens with one attached hydrogen (secondary N) is 1. The van der Waals surface area contributed by atoms with Gasteiger partial charge in [0.05, 0.1) is 36.4 Å². The molecule has 2 aromatic rings. The Hall–Kier alpha value is -2.51. The van der Waals surface area contributed by atoms with Crippen LogP contribution in [0, 0.1) is 0 Å². The molecule has 29 heavy (non-hydrogen) atoms. The first-order chi connectivity index (χ1) is 13.8. The smallest absolute Gasteiger partial charge is 0.234 e. The number of methoxy groups -OCH3 is 2. The summed E-state index contributed by atoms with van der Waals surface area (Å²) < 4.78 is 10.5. The Morgan fingerprint density at radius 2 is 1.79 bits per heavy atom. The van der Waals surface area contributed by atoms with Gasteiger partial charge in [0.2, 0.25) is 5.91 Å². The summed E-state index contributed by atoms with van der Waals surface area (Å²) in [6.07, 6.45) is 0. The number of ether oxygens (including phenoxy) is 2. The molecule has 0 saturated heterocycles. The van der Waals surface area contributed by atoms with Crippen LogP contribution in [0.5, 0.6) is 11.5 Å². The molecule has 1 amide bonds. The van der Waals surface area contributed by atoms with Crippen LogP contribution in [-0.2, 0) is 4.79 Å². The summed E-state index contributed by atoms with van der Waals surface area (Å²) in [5.74, 6) is 0.917. The van der Waals surface area contributed by atoms with Crippen LogP contribution in [0.1, 0.15) is 19.4 Å². The molecule has 0 aliphatic carbocycles. The average molecular weight is 432 g/mol. The zero-order valence-corrected chi connectivity index (χ0v) is 18.2. The van der Waals surface area contributed by atoms with E-state index in [0.717, 1.165) is 16.3 Å². The van der Waals surface area contributed by atoms with Gasteiger partial charge in [-0.25, -0.2) is 4.99 Å². The lowest BCUT2D eigenvalue weighted by molar-refractivity contribution is -0.113. The highest BCUT2D eigenvalue weighted by Gasteiger charge is 2.28. The van der Waals surface area contributed by atoms with Crippen molar-refractivity contribution in [2.45, 2.75) is 19.5 Å². The van der Waals surface area contributed by atoms with Crippen LogP contribution in [0.4, 0.5) is 5.69 Å². The quantitative estimate of drug-likeness (QED) is 0.721. The van der Waals surface area contributed by atoms with Gasteiger partial charge < -0.3 is 14.8 Å². The lowest BCUT2D eigenvalue weighted by Crippen LogP contribution is -2.18. The molecule has 0 saturated carbocycles. The highest BCUT2D eigenvalue weighted by Crippen LogP contribution is 2.36. The van der Waals surface area contributed by atoms with Crippen molar-refractivity contribution >= 4 is 45.7 Å². The maximum absolute atomic E-state index is 12.6. The fourth-order valence-corrected chi connectivity index (χ4v) is 3.98. The Kier molecular flexibility index (Phi) is 6.49. The van der Waals surface area contributed by atoms with Gasteiger partial charge in [-0.3, -0.25) is 9.79 Å². The molecule has 0 atom stereocenters. The van der Waals surface area contributed by atoms with Crippen molar-refractivity contribution < 1.29 is 14.3 Å². The Balaban J connectivity index is 1.71. The maximum atomic E-state index is 12.6. The molecule has 0 fully saturated rings. The first-order valence-electron chi connectivity index (χ1n) is 8.92. The number of hydrogen-bond acceptors (Lipinski definition) is 6. The van der Waals surface area contributed by atoms with E-state index in [-0.39, 0.29) is 11.7 Å². The molecular formula is C21H22ClN3O3S. The number of benzene rings is 2. The van der Waals surface area contributed by atoms with Crippen LogP contribution in [0.25, 0.3) is 0 Å². The fraction of sp³-hybridized carbons (Fsp3) is 0.286. The van der Waals surface area contributed by atoms with Crippen molar-refractivity contribution in [2.24, 2.45) is 9.98 Å². The van der Waals surface area contributed by atoms with Crippen molar-refractivity contribution in [3.05, 3.63) is 53.1 Å². The number of thioether (sulfide) groups is 1. The van der Waals surface area contributed by atoms with Gasteiger partial charge in [0.25, 0.3) is 0 Å². The average Bonchev–Trinajstić information content (AvgIpc) is 3.02. The van der Waals surface area contributed by atoms with Crippen molar-refractivity contribution in [3.8, 4) is 11.5 Å². The van der Waals surface area contributed by atoms with E-state index in [2.05, 4.69) is 10.3 Å². The standard InChI is InChI=1S/C21H22ClN3O3S/c1-21(2)24-19(13-8-6-5-7-9-13)20(25-21)29-12-18(26)23-15-10-14(22)16(27-3)11-17(15)28-4/h5-11H,12H2,1-4H3,(H,23,26). The third-order valence-corrected chi connectivity index (χ3v) is 5.36. The van der Waals surface area contributed by atoms with Crippen LogP contribution in [0.3, 0.4) is 0 Å². The van der Waals surface area contributed by atoms with Gasteiger partial charge in [-0.05, 0) is 19.9 Å². The van der Waals surface area contributed by atoms with E-state index in [1.807, 2.05) is 44.2 Å². The van der Waals surface area contributed by atoms with E-state index in [9.17, 15) is 4.79 Å². The molecule has 2 aromatic carbocycles. The topological polar surface area (TPSA) is 72.3 Å². The Labute approximate surface area is 179 Å². The number of aliphatic imine (C=N–C) groups is 2. The minimum atomic E-state index is -0.545. The minimum Gasteiger partial charge on any atom is -0.495 e. The van der Waals surface area contributed by atoms with E-state index < -0.39 is 5.66 Å². The maximum Gasteiger partial charge on any atom is 0.234 e. The second-order valence-electron chi connectivity index (χ2n) is 6.76. The van der Waals surface area contributed by atoms with Crippen molar-refractivity contribution in [1.82, 2.24) is 0 Å². The van der Waals surface area contributed by atoms with Gasteiger partial charge in [-0.15, -0.1) is 0 Å². The van der Waals surface area contributed by atoms with Gasteiger partial charge >= 0.3 is 0 Å². The molecule has 3 rings (SSSR count).